The molecule has 27 heavy (non-hydrogen) atoms. The predicted molar refractivity (Wildman–Crippen MR) is 101 cm³/mol. The van der Waals surface area contributed by atoms with E-state index in [0.29, 0.717) is 23.7 Å². The van der Waals surface area contributed by atoms with Crippen molar-refractivity contribution in [1.82, 2.24) is 18.7 Å². The van der Waals surface area contributed by atoms with Gasteiger partial charge >= 0.3 is 5.69 Å². The van der Waals surface area contributed by atoms with E-state index in [1.54, 1.807) is 0 Å². The van der Waals surface area contributed by atoms with Gasteiger partial charge in [0.15, 0.2) is 11.2 Å². The van der Waals surface area contributed by atoms with E-state index in [4.69, 9.17) is 5.73 Å². The van der Waals surface area contributed by atoms with Crippen LogP contribution in [0.15, 0.2) is 39.9 Å². The second-order valence-corrected chi connectivity index (χ2v) is 6.95. The fourth-order valence-electron chi connectivity index (χ4n) is 3.63. The number of para-hydroxylation sites is 1. The van der Waals surface area contributed by atoms with Gasteiger partial charge in [0.2, 0.25) is 11.9 Å². The molecule has 9 heteroatoms. The molecule has 0 radical (unpaired) electrons. The highest BCUT2D eigenvalue weighted by Crippen LogP contribution is 2.32. The van der Waals surface area contributed by atoms with Crippen molar-refractivity contribution < 1.29 is 4.79 Å². The Balaban J connectivity index is 2.03. The number of carbonyl (C=O) groups excluding carboxylic acids is 1. The zero-order valence-corrected chi connectivity index (χ0v) is 15.1. The number of hydrogen-bond acceptors (Lipinski definition) is 5. The Labute approximate surface area is 154 Å². The largest absolute Gasteiger partial charge is 0.368 e. The maximum absolute atomic E-state index is 13.0. The van der Waals surface area contributed by atoms with Crippen LogP contribution in [0.2, 0.25) is 0 Å². The first-order valence-corrected chi connectivity index (χ1v) is 8.69. The van der Waals surface area contributed by atoms with Gasteiger partial charge < -0.3 is 15.2 Å². The molecule has 2 aromatic heterocycles. The summed E-state index contributed by atoms with van der Waals surface area (Å²) in [6.45, 7) is 2.98. The SMILES string of the molecule is C[C@@H]1CN(c2ccccc2)c2nc3c(c(=O)n(CC(N)=O)c(=O)n3C)n2C1. The molecule has 1 aliphatic heterocycles. The second kappa shape index (κ2) is 6.11. The number of nitrogens with zero attached hydrogens (tertiary/aromatic N) is 5. The summed E-state index contributed by atoms with van der Waals surface area (Å²) >= 11 is 0. The van der Waals surface area contributed by atoms with Crippen LogP contribution >= 0.6 is 0 Å². The lowest BCUT2D eigenvalue weighted by molar-refractivity contribution is -0.118. The van der Waals surface area contributed by atoms with Crippen molar-refractivity contribution in [3.05, 3.63) is 51.2 Å². The van der Waals surface area contributed by atoms with Gasteiger partial charge in [0.25, 0.3) is 5.56 Å². The van der Waals surface area contributed by atoms with Crippen LogP contribution in [0.5, 0.6) is 0 Å². The topological polar surface area (TPSA) is 108 Å². The number of hydrogen-bond donors (Lipinski definition) is 1. The van der Waals surface area contributed by atoms with Crippen LogP contribution in [0.1, 0.15) is 6.92 Å². The summed E-state index contributed by atoms with van der Waals surface area (Å²) < 4.78 is 3.99. The van der Waals surface area contributed by atoms with Gasteiger partial charge in [0, 0.05) is 25.8 Å². The maximum Gasteiger partial charge on any atom is 0.332 e. The maximum atomic E-state index is 13.0. The third-order valence-electron chi connectivity index (χ3n) is 4.82. The Morgan fingerprint density at radius 1 is 1.22 bits per heavy atom. The molecule has 2 N–H and O–H groups in total. The number of amides is 1. The molecule has 140 valence electrons. The van der Waals surface area contributed by atoms with E-state index >= 15 is 0 Å². The summed E-state index contributed by atoms with van der Waals surface area (Å²) in [7, 11) is 1.54. The van der Waals surface area contributed by atoms with Crippen molar-refractivity contribution >= 4 is 28.7 Å². The summed E-state index contributed by atoms with van der Waals surface area (Å²) in [6, 6.07) is 9.78. The average Bonchev–Trinajstić information content (AvgIpc) is 3.03. The summed E-state index contributed by atoms with van der Waals surface area (Å²) in [5.41, 5.74) is 5.62. The van der Waals surface area contributed by atoms with Gasteiger partial charge in [-0.2, -0.15) is 4.98 Å². The van der Waals surface area contributed by atoms with Crippen LogP contribution < -0.4 is 21.9 Å². The standard InChI is InChI=1S/C18H20N6O3/c1-11-8-22(12-6-4-3-5-7-12)17-20-15-14(23(17)9-11)16(26)24(10-13(19)25)18(27)21(15)2/h3-7,11H,8-10H2,1-2H3,(H2,19,25)/t11-/m1/s1. The Morgan fingerprint density at radius 3 is 2.59 bits per heavy atom. The lowest BCUT2D eigenvalue weighted by atomic mass is 10.1. The minimum atomic E-state index is -0.744. The summed E-state index contributed by atoms with van der Waals surface area (Å²) in [6.07, 6.45) is 0. The number of anilines is 2. The van der Waals surface area contributed by atoms with Crippen molar-refractivity contribution in [3.63, 3.8) is 0 Å². The fraction of sp³-hybridized carbons (Fsp3) is 0.333. The Bertz CT molecular complexity index is 1160. The molecule has 0 spiro atoms. The first-order chi connectivity index (χ1) is 12.9. The molecular formula is C18H20N6O3. The number of benzene rings is 1. The van der Waals surface area contributed by atoms with Crippen LogP contribution in [-0.4, -0.2) is 31.1 Å². The van der Waals surface area contributed by atoms with Gasteiger partial charge in [-0.3, -0.25) is 14.2 Å². The molecule has 1 aliphatic rings. The molecule has 9 nitrogen and oxygen atoms in total. The number of aromatic nitrogens is 4. The number of rotatable bonds is 3. The van der Waals surface area contributed by atoms with Crippen LogP contribution in [0.4, 0.5) is 11.6 Å². The smallest absolute Gasteiger partial charge is 0.332 e. The van der Waals surface area contributed by atoms with Gasteiger partial charge in [-0.05, 0) is 18.1 Å². The molecular weight excluding hydrogens is 348 g/mol. The van der Waals surface area contributed by atoms with E-state index in [0.717, 1.165) is 16.8 Å². The van der Waals surface area contributed by atoms with Gasteiger partial charge in [-0.1, -0.05) is 25.1 Å². The summed E-state index contributed by atoms with van der Waals surface area (Å²) in [5.74, 6) is 0.126. The van der Waals surface area contributed by atoms with E-state index in [2.05, 4.69) is 11.9 Å². The number of primary amides is 1. The van der Waals surface area contributed by atoms with Crippen LogP contribution in [-0.2, 0) is 24.9 Å². The highest BCUT2D eigenvalue weighted by atomic mass is 16.2. The first-order valence-electron chi connectivity index (χ1n) is 8.69. The number of nitrogens with two attached hydrogens (primary N) is 1. The van der Waals surface area contributed by atoms with Crippen molar-refractivity contribution in [1.29, 1.82) is 0 Å². The van der Waals surface area contributed by atoms with E-state index < -0.39 is 23.7 Å². The molecule has 0 unspecified atom stereocenters. The van der Waals surface area contributed by atoms with E-state index in [9.17, 15) is 14.4 Å². The molecule has 4 rings (SSSR count). The van der Waals surface area contributed by atoms with Crippen LogP contribution in [0.3, 0.4) is 0 Å². The zero-order chi connectivity index (χ0) is 19.3. The van der Waals surface area contributed by atoms with Gasteiger partial charge in [-0.25, -0.2) is 9.36 Å². The number of carbonyl (C=O) groups is 1. The third kappa shape index (κ3) is 2.62. The molecule has 1 aromatic carbocycles. The van der Waals surface area contributed by atoms with E-state index in [-0.39, 0.29) is 5.92 Å². The molecule has 0 fully saturated rings. The first kappa shape index (κ1) is 17.1. The van der Waals surface area contributed by atoms with Crippen molar-refractivity contribution in [2.45, 2.75) is 20.0 Å². The van der Waals surface area contributed by atoms with Crippen molar-refractivity contribution in [3.8, 4) is 0 Å². The highest BCUT2D eigenvalue weighted by Gasteiger charge is 2.29. The molecule has 3 aromatic rings. The van der Waals surface area contributed by atoms with E-state index in [1.807, 2.05) is 39.8 Å². The molecule has 0 bridgehead atoms. The average molecular weight is 368 g/mol. The monoisotopic (exact) mass is 368 g/mol. The third-order valence-corrected chi connectivity index (χ3v) is 4.82. The molecule has 1 atom stereocenters. The fourth-order valence-corrected chi connectivity index (χ4v) is 3.63. The molecule has 0 saturated carbocycles. The van der Waals surface area contributed by atoms with Crippen LogP contribution in [0.25, 0.3) is 11.2 Å². The molecule has 0 saturated heterocycles. The number of fused-ring (bicyclic) bond motifs is 3. The Kier molecular flexibility index (Phi) is 3.87. The number of imidazole rings is 1. The highest BCUT2D eigenvalue weighted by molar-refractivity contribution is 5.78. The molecule has 0 aliphatic carbocycles. The van der Waals surface area contributed by atoms with Gasteiger partial charge in [-0.15, -0.1) is 0 Å². The summed E-state index contributed by atoms with van der Waals surface area (Å²) in [4.78, 5) is 43.5. The lowest BCUT2D eigenvalue weighted by Gasteiger charge is -2.32. The molecule has 1 amide bonds. The number of aryl methyl sites for hydroxylation is 1. The molecule has 3 heterocycles. The summed E-state index contributed by atoms with van der Waals surface area (Å²) in [5, 5.41) is 0. The quantitative estimate of drug-likeness (QED) is 0.709. The second-order valence-electron chi connectivity index (χ2n) is 6.95. The lowest BCUT2D eigenvalue weighted by Crippen LogP contribution is -2.43. The van der Waals surface area contributed by atoms with Gasteiger partial charge in [0.05, 0.1) is 0 Å². The minimum Gasteiger partial charge on any atom is -0.368 e. The Morgan fingerprint density at radius 2 is 1.93 bits per heavy atom. The normalized spacial score (nSPS) is 16.5. The predicted octanol–water partition coefficient (Wildman–Crippen LogP) is 0.170. The van der Waals surface area contributed by atoms with Crippen molar-refractivity contribution in [2.75, 3.05) is 11.4 Å². The van der Waals surface area contributed by atoms with Gasteiger partial charge in [0.1, 0.15) is 6.54 Å². The van der Waals surface area contributed by atoms with Crippen molar-refractivity contribution in [2.24, 2.45) is 18.7 Å². The van der Waals surface area contributed by atoms with E-state index in [1.165, 1.54) is 11.6 Å². The zero-order valence-electron chi connectivity index (χ0n) is 15.1. The van der Waals surface area contributed by atoms with Crippen LogP contribution in [0, 0.1) is 5.92 Å². The Hall–Kier alpha value is -3.36. The minimum absolute atomic E-state index is 0.260.